The van der Waals surface area contributed by atoms with Crippen molar-refractivity contribution in [2.45, 2.75) is 6.61 Å². The van der Waals surface area contributed by atoms with E-state index in [1.54, 1.807) is 36.4 Å². The van der Waals surface area contributed by atoms with Gasteiger partial charge < -0.3 is 16.2 Å². The van der Waals surface area contributed by atoms with Crippen LogP contribution in [0.1, 0.15) is 26.3 Å². The molecule has 0 aromatic heterocycles. The fourth-order valence-corrected chi connectivity index (χ4v) is 2.15. The van der Waals surface area contributed by atoms with E-state index in [0.717, 1.165) is 0 Å². The summed E-state index contributed by atoms with van der Waals surface area (Å²) in [5.74, 6) is -1.03. The van der Waals surface area contributed by atoms with Crippen LogP contribution in [-0.4, -0.2) is 11.9 Å². The van der Waals surface area contributed by atoms with Crippen LogP contribution in [0.3, 0.4) is 0 Å². The predicted molar refractivity (Wildman–Crippen MR) is 82.6 cm³/mol. The van der Waals surface area contributed by atoms with E-state index in [-0.39, 0.29) is 6.61 Å². The number of primary amides is 1. The first kappa shape index (κ1) is 15.1. The molecule has 0 saturated carbocycles. The molecule has 0 aliphatic carbocycles. The lowest BCUT2D eigenvalue weighted by Gasteiger charge is -2.08. The molecule has 0 unspecified atom stereocenters. The zero-order valence-corrected chi connectivity index (χ0v) is 12.6. The van der Waals surface area contributed by atoms with Crippen LogP contribution >= 0.6 is 15.9 Å². The van der Waals surface area contributed by atoms with Crippen molar-refractivity contribution < 1.29 is 14.3 Å². The number of amides is 1. The van der Waals surface area contributed by atoms with Gasteiger partial charge in [-0.1, -0.05) is 12.1 Å². The van der Waals surface area contributed by atoms with Crippen LogP contribution in [0.2, 0.25) is 0 Å². The van der Waals surface area contributed by atoms with Crippen molar-refractivity contribution in [2.24, 2.45) is 5.73 Å². The van der Waals surface area contributed by atoms with Gasteiger partial charge >= 0.3 is 5.97 Å². The van der Waals surface area contributed by atoms with Crippen molar-refractivity contribution in [1.29, 1.82) is 0 Å². The van der Waals surface area contributed by atoms with Gasteiger partial charge in [0.1, 0.15) is 6.61 Å². The summed E-state index contributed by atoms with van der Waals surface area (Å²) in [7, 11) is 0. The van der Waals surface area contributed by atoms with Gasteiger partial charge in [-0.05, 0) is 51.8 Å². The highest BCUT2D eigenvalue weighted by molar-refractivity contribution is 9.10. The van der Waals surface area contributed by atoms with E-state index in [9.17, 15) is 9.59 Å². The Kier molecular flexibility index (Phi) is 4.59. The molecule has 21 heavy (non-hydrogen) atoms. The first-order valence-electron chi connectivity index (χ1n) is 6.08. The van der Waals surface area contributed by atoms with Crippen LogP contribution in [0.15, 0.2) is 46.9 Å². The number of hydrogen-bond acceptors (Lipinski definition) is 4. The number of carbonyl (C=O) groups excluding carboxylic acids is 2. The Morgan fingerprint density at radius 1 is 1.14 bits per heavy atom. The summed E-state index contributed by atoms with van der Waals surface area (Å²) < 4.78 is 5.81. The van der Waals surface area contributed by atoms with Crippen LogP contribution in [0.25, 0.3) is 0 Å². The third kappa shape index (κ3) is 3.82. The fraction of sp³-hybridized carbons (Fsp3) is 0.0667. The molecule has 0 saturated heterocycles. The molecule has 1 amide bonds. The highest BCUT2D eigenvalue weighted by Crippen LogP contribution is 2.21. The lowest BCUT2D eigenvalue weighted by atomic mass is 10.1. The molecular formula is C15H13BrN2O3. The van der Waals surface area contributed by atoms with Crippen molar-refractivity contribution in [3.63, 3.8) is 0 Å². The topological polar surface area (TPSA) is 95.4 Å². The molecular weight excluding hydrogens is 336 g/mol. The minimum Gasteiger partial charge on any atom is -0.457 e. The summed E-state index contributed by atoms with van der Waals surface area (Å²) in [5, 5.41) is 0. The molecule has 0 atom stereocenters. The number of esters is 1. The molecule has 6 heteroatoms. The molecule has 108 valence electrons. The van der Waals surface area contributed by atoms with Gasteiger partial charge in [0.2, 0.25) is 5.91 Å². The summed E-state index contributed by atoms with van der Waals surface area (Å²) in [6.45, 7) is 0.0428. The largest absolute Gasteiger partial charge is 0.457 e. The Labute approximate surface area is 130 Å². The monoisotopic (exact) mass is 348 g/mol. The van der Waals surface area contributed by atoms with E-state index in [4.69, 9.17) is 16.2 Å². The van der Waals surface area contributed by atoms with Crippen molar-refractivity contribution in [1.82, 2.24) is 0 Å². The Morgan fingerprint density at radius 3 is 2.62 bits per heavy atom. The Bertz CT molecular complexity index is 701. The van der Waals surface area contributed by atoms with Gasteiger partial charge in [0, 0.05) is 15.7 Å². The molecule has 0 aliphatic rings. The summed E-state index contributed by atoms with van der Waals surface area (Å²) >= 11 is 3.27. The van der Waals surface area contributed by atoms with Gasteiger partial charge in [-0.2, -0.15) is 0 Å². The first-order valence-corrected chi connectivity index (χ1v) is 6.87. The lowest BCUT2D eigenvalue weighted by molar-refractivity contribution is 0.0471. The average Bonchev–Trinajstić information content (AvgIpc) is 2.47. The number of carbonyl (C=O) groups is 2. The number of halogens is 1. The Morgan fingerprint density at radius 2 is 1.90 bits per heavy atom. The molecule has 0 spiro atoms. The number of nitrogen functional groups attached to an aromatic ring is 1. The number of nitrogens with two attached hydrogens (primary N) is 2. The van der Waals surface area contributed by atoms with Crippen molar-refractivity contribution >= 4 is 33.5 Å². The Hall–Kier alpha value is -2.34. The summed E-state index contributed by atoms with van der Waals surface area (Å²) in [4.78, 5) is 23.1. The molecule has 5 nitrogen and oxygen atoms in total. The van der Waals surface area contributed by atoms with Gasteiger partial charge in [-0.3, -0.25) is 4.79 Å². The van der Waals surface area contributed by atoms with Gasteiger partial charge in [0.05, 0.1) is 5.56 Å². The van der Waals surface area contributed by atoms with Crippen molar-refractivity contribution in [2.75, 3.05) is 5.73 Å². The quantitative estimate of drug-likeness (QED) is 0.655. The third-order valence-corrected chi connectivity index (χ3v) is 3.48. The highest BCUT2D eigenvalue weighted by Gasteiger charge is 2.12. The van der Waals surface area contributed by atoms with Gasteiger partial charge in [0.15, 0.2) is 0 Å². The zero-order chi connectivity index (χ0) is 15.4. The molecule has 0 fully saturated rings. The maximum atomic E-state index is 12.0. The maximum absolute atomic E-state index is 12.0. The SMILES string of the molecule is NC(=O)c1cccc(COC(=O)c2cc(N)ccc2Br)c1. The number of rotatable bonds is 4. The van der Waals surface area contributed by atoms with Gasteiger partial charge in [-0.25, -0.2) is 4.79 Å². The minimum absolute atomic E-state index is 0.0428. The van der Waals surface area contributed by atoms with Crippen LogP contribution in [0.5, 0.6) is 0 Å². The smallest absolute Gasteiger partial charge is 0.339 e. The first-order chi connectivity index (χ1) is 9.97. The van der Waals surface area contributed by atoms with E-state index in [1.807, 2.05) is 0 Å². The molecule has 2 aromatic rings. The van der Waals surface area contributed by atoms with E-state index >= 15 is 0 Å². The molecule has 2 aromatic carbocycles. The van der Waals surface area contributed by atoms with E-state index in [2.05, 4.69) is 15.9 Å². The van der Waals surface area contributed by atoms with E-state index in [1.165, 1.54) is 6.07 Å². The molecule has 2 rings (SSSR count). The zero-order valence-electron chi connectivity index (χ0n) is 11.0. The van der Waals surface area contributed by atoms with Crippen molar-refractivity contribution in [3.05, 3.63) is 63.6 Å². The van der Waals surface area contributed by atoms with Crippen LogP contribution in [0.4, 0.5) is 5.69 Å². The highest BCUT2D eigenvalue weighted by atomic mass is 79.9. The summed E-state index contributed by atoms with van der Waals surface area (Å²) in [6, 6.07) is 11.5. The Balaban J connectivity index is 2.09. The average molecular weight is 349 g/mol. The molecule has 0 radical (unpaired) electrons. The normalized spacial score (nSPS) is 10.1. The van der Waals surface area contributed by atoms with Crippen LogP contribution in [-0.2, 0) is 11.3 Å². The number of hydrogen-bond donors (Lipinski definition) is 2. The second-order valence-corrected chi connectivity index (χ2v) is 5.23. The van der Waals surface area contributed by atoms with Crippen molar-refractivity contribution in [3.8, 4) is 0 Å². The number of ether oxygens (including phenoxy) is 1. The van der Waals surface area contributed by atoms with Crippen LogP contribution < -0.4 is 11.5 Å². The minimum atomic E-state index is -0.526. The van der Waals surface area contributed by atoms with Gasteiger partial charge in [-0.15, -0.1) is 0 Å². The lowest BCUT2D eigenvalue weighted by Crippen LogP contribution is -2.11. The van der Waals surface area contributed by atoms with Crippen LogP contribution in [0, 0.1) is 0 Å². The third-order valence-electron chi connectivity index (χ3n) is 2.79. The second-order valence-electron chi connectivity index (χ2n) is 4.38. The summed E-state index contributed by atoms with van der Waals surface area (Å²) in [6.07, 6.45) is 0. The standard InChI is InChI=1S/C15H13BrN2O3/c16-13-5-4-11(17)7-12(13)15(20)21-8-9-2-1-3-10(6-9)14(18)19/h1-7H,8,17H2,(H2,18,19). The van der Waals surface area contributed by atoms with E-state index < -0.39 is 11.9 Å². The molecule has 0 bridgehead atoms. The van der Waals surface area contributed by atoms with Gasteiger partial charge in [0.25, 0.3) is 0 Å². The fourth-order valence-electron chi connectivity index (χ4n) is 1.74. The number of benzene rings is 2. The van der Waals surface area contributed by atoms with E-state index in [0.29, 0.717) is 26.9 Å². The predicted octanol–water partition coefficient (Wildman–Crippen LogP) is 2.49. The molecule has 4 N–H and O–H groups in total. The maximum Gasteiger partial charge on any atom is 0.339 e. The molecule has 0 heterocycles. The summed E-state index contributed by atoms with van der Waals surface area (Å²) in [5.41, 5.74) is 12.7. The molecule has 0 aliphatic heterocycles. The second kappa shape index (κ2) is 6.41. The number of anilines is 1.